The molecule has 7 nitrogen and oxygen atoms in total. The summed E-state index contributed by atoms with van der Waals surface area (Å²) in [5, 5.41) is 0. The standard InChI is InChI=1S/C22H27N7/c1-4-29(19-8-5-7-17(2)15-19)22-25-18(3)16-20(26-22)27-11-13-28(14-12-27)21-23-9-6-10-24-21/h5-10,15-16H,4,11-14H2,1-3H3. The molecule has 1 fully saturated rings. The summed E-state index contributed by atoms with van der Waals surface area (Å²) in [5.74, 6) is 2.53. The van der Waals surface area contributed by atoms with E-state index >= 15 is 0 Å². The summed E-state index contributed by atoms with van der Waals surface area (Å²) < 4.78 is 0. The monoisotopic (exact) mass is 389 g/mol. The Hall–Kier alpha value is -3.22. The zero-order valence-electron chi connectivity index (χ0n) is 17.3. The predicted octanol–water partition coefficient (Wildman–Crippen LogP) is 3.37. The van der Waals surface area contributed by atoms with Crippen molar-refractivity contribution >= 4 is 23.4 Å². The maximum Gasteiger partial charge on any atom is 0.232 e. The predicted molar refractivity (Wildman–Crippen MR) is 117 cm³/mol. The highest BCUT2D eigenvalue weighted by atomic mass is 15.3. The number of benzene rings is 1. The molecule has 29 heavy (non-hydrogen) atoms. The summed E-state index contributed by atoms with van der Waals surface area (Å²) in [6.45, 7) is 10.6. The first kappa shape index (κ1) is 19.1. The van der Waals surface area contributed by atoms with Crippen LogP contribution in [-0.4, -0.2) is 52.7 Å². The van der Waals surface area contributed by atoms with Gasteiger partial charge in [0.2, 0.25) is 11.9 Å². The van der Waals surface area contributed by atoms with Crippen molar-refractivity contribution in [3.8, 4) is 0 Å². The number of nitrogens with zero attached hydrogens (tertiary/aromatic N) is 7. The maximum atomic E-state index is 4.92. The second-order valence-corrected chi connectivity index (χ2v) is 7.27. The fourth-order valence-electron chi connectivity index (χ4n) is 3.64. The molecule has 4 rings (SSSR count). The molecule has 1 aliphatic rings. The molecular weight excluding hydrogens is 362 g/mol. The maximum absolute atomic E-state index is 4.92. The molecule has 3 aromatic rings. The Kier molecular flexibility index (Phi) is 5.55. The first-order valence-corrected chi connectivity index (χ1v) is 10.1. The molecule has 7 heteroatoms. The van der Waals surface area contributed by atoms with Crippen LogP contribution >= 0.6 is 0 Å². The number of aryl methyl sites for hydroxylation is 2. The molecule has 0 spiro atoms. The normalized spacial score (nSPS) is 14.2. The fourth-order valence-corrected chi connectivity index (χ4v) is 3.64. The van der Waals surface area contributed by atoms with E-state index in [9.17, 15) is 0 Å². The minimum Gasteiger partial charge on any atom is -0.353 e. The van der Waals surface area contributed by atoms with Crippen molar-refractivity contribution < 1.29 is 0 Å². The van der Waals surface area contributed by atoms with E-state index in [4.69, 9.17) is 9.97 Å². The van der Waals surface area contributed by atoms with Crippen LogP contribution in [0.3, 0.4) is 0 Å². The van der Waals surface area contributed by atoms with E-state index in [1.165, 1.54) is 5.56 Å². The zero-order chi connectivity index (χ0) is 20.2. The lowest BCUT2D eigenvalue weighted by molar-refractivity contribution is 0.633. The highest BCUT2D eigenvalue weighted by molar-refractivity contribution is 5.60. The molecule has 0 bridgehead atoms. The second-order valence-electron chi connectivity index (χ2n) is 7.27. The summed E-state index contributed by atoms with van der Waals surface area (Å²) >= 11 is 0. The van der Waals surface area contributed by atoms with Gasteiger partial charge in [0.15, 0.2) is 0 Å². The zero-order valence-corrected chi connectivity index (χ0v) is 17.3. The van der Waals surface area contributed by atoms with Crippen molar-refractivity contribution in [3.05, 3.63) is 60.0 Å². The fraction of sp³-hybridized carbons (Fsp3) is 0.364. The molecule has 0 amide bonds. The van der Waals surface area contributed by atoms with Crippen molar-refractivity contribution in [2.24, 2.45) is 0 Å². The average Bonchev–Trinajstić information content (AvgIpc) is 2.75. The minimum atomic E-state index is 0.752. The van der Waals surface area contributed by atoms with Crippen LogP contribution in [0.25, 0.3) is 0 Å². The summed E-state index contributed by atoms with van der Waals surface area (Å²) in [6.07, 6.45) is 3.58. The smallest absolute Gasteiger partial charge is 0.232 e. The lowest BCUT2D eigenvalue weighted by Gasteiger charge is -2.35. The van der Waals surface area contributed by atoms with Gasteiger partial charge in [0.05, 0.1) is 0 Å². The largest absolute Gasteiger partial charge is 0.353 e. The van der Waals surface area contributed by atoms with Crippen LogP contribution in [0.15, 0.2) is 48.8 Å². The van der Waals surface area contributed by atoms with Gasteiger partial charge < -0.3 is 14.7 Å². The molecule has 0 saturated carbocycles. The van der Waals surface area contributed by atoms with E-state index in [0.717, 1.165) is 61.8 Å². The molecule has 0 aliphatic carbocycles. The van der Waals surface area contributed by atoms with Gasteiger partial charge in [-0.15, -0.1) is 0 Å². The Morgan fingerprint density at radius 1 is 0.897 bits per heavy atom. The SMILES string of the molecule is CCN(c1cccc(C)c1)c1nc(C)cc(N2CCN(c3ncccn3)CC2)n1. The molecule has 2 aromatic heterocycles. The van der Waals surface area contributed by atoms with Crippen LogP contribution in [0.5, 0.6) is 0 Å². The van der Waals surface area contributed by atoms with Gasteiger partial charge in [0, 0.05) is 62.6 Å². The van der Waals surface area contributed by atoms with Crippen molar-refractivity contribution in [2.75, 3.05) is 47.4 Å². The Bertz CT molecular complexity index is 952. The van der Waals surface area contributed by atoms with Gasteiger partial charge in [0.25, 0.3) is 0 Å². The van der Waals surface area contributed by atoms with Gasteiger partial charge in [-0.05, 0) is 44.5 Å². The molecule has 1 aromatic carbocycles. The Balaban J connectivity index is 1.54. The van der Waals surface area contributed by atoms with Crippen LogP contribution < -0.4 is 14.7 Å². The highest BCUT2D eigenvalue weighted by Gasteiger charge is 2.21. The van der Waals surface area contributed by atoms with Gasteiger partial charge in [-0.2, -0.15) is 4.98 Å². The number of hydrogen-bond donors (Lipinski definition) is 0. The van der Waals surface area contributed by atoms with E-state index < -0.39 is 0 Å². The third-order valence-electron chi connectivity index (χ3n) is 5.14. The quantitative estimate of drug-likeness (QED) is 0.663. The number of aromatic nitrogens is 4. The summed E-state index contributed by atoms with van der Waals surface area (Å²) in [4.78, 5) is 25.1. The first-order chi connectivity index (χ1) is 14.1. The average molecular weight is 390 g/mol. The molecular formula is C22H27N7. The van der Waals surface area contributed by atoms with Crippen molar-refractivity contribution in [3.63, 3.8) is 0 Å². The third-order valence-corrected chi connectivity index (χ3v) is 5.14. The molecule has 1 saturated heterocycles. The second kappa shape index (κ2) is 8.43. The Labute approximate surface area is 172 Å². The Morgan fingerprint density at radius 2 is 1.62 bits per heavy atom. The summed E-state index contributed by atoms with van der Waals surface area (Å²) in [6, 6.07) is 12.4. The molecule has 1 aliphatic heterocycles. The van der Waals surface area contributed by atoms with E-state index in [0.29, 0.717) is 0 Å². The van der Waals surface area contributed by atoms with Gasteiger partial charge in [-0.25, -0.2) is 15.0 Å². The molecule has 0 unspecified atom stereocenters. The van der Waals surface area contributed by atoms with Crippen LogP contribution in [0, 0.1) is 13.8 Å². The minimum absolute atomic E-state index is 0.752. The van der Waals surface area contributed by atoms with Gasteiger partial charge in [0.1, 0.15) is 5.82 Å². The molecule has 150 valence electrons. The number of anilines is 4. The summed E-state index contributed by atoms with van der Waals surface area (Å²) in [7, 11) is 0. The molecule has 0 N–H and O–H groups in total. The van der Waals surface area contributed by atoms with Crippen LogP contribution in [-0.2, 0) is 0 Å². The van der Waals surface area contributed by atoms with E-state index in [1.54, 1.807) is 12.4 Å². The van der Waals surface area contributed by atoms with Gasteiger partial charge in [-0.1, -0.05) is 12.1 Å². The number of rotatable bonds is 5. The van der Waals surface area contributed by atoms with Crippen molar-refractivity contribution in [2.45, 2.75) is 20.8 Å². The van der Waals surface area contributed by atoms with Crippen molar-refractivity contribution in [1.29, 1.82) is 0 Å². The van der Waals surface area contributed by atoms with E-state index in [1.807, 2.05) is 13.0 Å². The lowest BCUT2D eigenvalue weighted by Crippen LogP contribution is -2.47. The van der Waals surface area contributed by atoms with Crippen LogP contribution in [0.2, 0.25) is 0 Å². The third kappa shape index (κ3) is 4.29. The number of hydrogen-bond acceptors (Lipinski definition) is 7. The molecule has 0 atom stereocenters. The summed E-state index contributed by atoms with van der Waals surface area (Å²) in [5.41, 5.74) is 3.33. The van der Waals surface area contributed by atoms with Gasteiger partial charge in [-0.3, -0.25) is 0 Å². The highest BCUT2D eigenvalue weighted by Crippen LogP contribution is 2.26. The van der Waals surface area contributed by atoms with E-state index in [-0.39, 0.29) is 0 Å². The topological polar surface area (TPSA) is 61.3 Å². The first-order valence-electron chi connectivity index (χ1n) is 10.1. The van der Waals surface area contributed by atoms with E-state index in [2.05, 4.69) is 68.8 Å². The molecule has 0 radical (unpaired) electrons. The van der Waals surface area contributed by atoms with Crippen molar-refractivity contribution in [1.82, 2.24) is 19.9 Å². The Morgan fingerprint density at radius 3 is 2.31 bits per heavy atom. The molecule has 3 heterocycles. The lowest BCUT2D eigenvalue weighted by atomic mass is 10.2. The van der Waals surface area contributed by atoms with Crippen LogP contribution in [0.4, 0.5) is 23.4 Å². The van der Waals surface area contributed by atoms with Gasteiger partial charge >= 0.3 is 0 Å². The van der Waals surface area contributed by atoms with Crippen LogP contribution in [0.1, 0.15) is 18.2 Å². The number of piperazine rings is 1.